The van der Waals surface area contributed by atoms with Crippen molar-refractivity contribution in [2.24, 2.45) is 0 Å². The fourth-order valence-electron chi connectivity index (χ4n) is 1.92. The van der Waals surface area contributed by atoms with Gasteiger partial charge in [0.05, 0.1) is 6.61 Å². The van der Waals surface area contributed by atoms with E-state index in [1.165, 1.54) is 0 Å². The third-order valence-corrected chi connectivity index (χ3v) is 2.90. The molecule has 0 radical (unpaired) electrons. The van der Waals surface area contributed by atoms with E-state index >= 15 is 0 Å². The number of H-pyrrole nitrogens is 1. The van der Waals surface area contributed by atoms with E-state index < -0.39 is 42.5 Å². The van der Waals surface area contributed by atoms with Crippen molar-refractivity contribution in [3.8, 4) is 0 Å². The summed E-state index contributed by atoms with van der Waals surface area (Å²) in [6.45, 7) is -1.74. The summed E-state index contributed by atoms with van der Waals surface area (Å²) in [5.74, 6) is 0. The number of halogens is 2. The quantitative estimate of drug-likeness (QED) is 0.768. The first-order valence-electron chi connectivity index (χ1n) is 5.31. The fourth-order valence-corrected chi connectivity index (χ4v) is 1.92. The van der Waals surface area contributed by atoms with Crippen LogP contribution in [-0.2, 0) is 4.74 Å². The van der Waals surface area contributed by atoms with E-state index in [1.807, 2.05) is 4.98 Å². The van der Waals surface area contributed by atoms with E-state index in [-0.39, 0.29) is 6.42 Å². The first-order chi connectivity index (χ1) is 8.51. The summed E-state index contributed by atoms with van der Waals surface area (Å²) >= 11 is 0. The van der Waals surface area contributed by atoms with E-state index in [9.17, 15) is 18.4 Å². The maximum atomic E-state index is 13.8. The molecule has 2 heterocycles. The Morgan fingerprint density at radius 2 is 2.33 bits per heavy atom. The Kier molecular flexibility index (Phi) is 3.31. The number of rotatable bonds is 3. The molecule has 100 valence electrons. The number of nitrogens with one attached hydrogen (secondary N) is 1. The second-order valence-corrected chi connectivity index (χ2v) is 4.22. The molecule has 0 aliphatic carbocycles. The molecule has 0 aromatic carbocycles. The van der Waals surface area contributed by atoms with E-state index in [1.54, 1.807) is 0 Å². The minimum absolute atomic E-state index is 0.351. The van der Waals surface area contributed by atoms with Crippen molar-refractivity contribution >= 4 is 0 Å². The van der Waals surface area contributed by atoms with Crippen LogP contribution in [0.15, 0.2) is 21.9 Å². The second kappa shape index (κ2) is 4.62. The monoisotopic (exact) mass is 262 g/mol. The van der Waals surface area contributed by atoms with Gasteiger partial charge in [-0.3, -0.25) is 14.3 Å². The highest BCUT2D eigenvalue weighted by molar-refractivity contribution is 4.95. The Morgan fingerprint density at radius 1 is 1.61 bits per heavy atom. The summed E-state index contributed by atoms with van der Waals surface area (Å²) in [6, 6.07) is 1.03. The maximum absolute atomic E-state index is 13.8. The lowest BCUT2D eigenvalue weighted by Crippen LogP contribution is -2.37. The van der Waals surface area contributed by atoms with Gasteiger partial charge in [-0.1, -0.05) is 0 Å². The Hall–Kier alpha value is -1.54. The molecule has 3 atom stereocenters. The first kappa shape index (κ1) is 12.9. The van der Waals surface area contributed by atoms with Gasteiger partial charge in [0.1, 0.15) is 18.4 Å². The molecule has 8 heteroatoms. The van der Waals surface area contributed by atoms with Gasteiger partial charge in [-0.05, 0) is 0 Å². The smallest absolute Gasteiger partial charge is 0.330 e. The summed E-state index contributed by atoms with van der Waals surface area (Å²) in [4.78, 5) is 24.3. The first-order valence-corrected chi connectivity index (χ1v) is 5.31. The molecule has 1 fully saturated rings. The van der Waals surface area contributed by atoms with Gasteiger partial charge in [-0.15, -0.1) is 0 Å². The Bertz CT molecular complexity index is 537. The Morgan fingerprint density at radius 3 is 2.83 bits per heavy atom. The van der Waals surface area contributed by atoms with Crippen molar-refractivity contribution in [3.05, 3.63) is 33.1 Å². The van der Waals surface area contributed by atoms with Gasteiger partial charge in [0.15, 0.2) is 6.23 Å². The molecule has 1 saturated heterocycles. The van der Waals surface area contributed by atoms with Crippen molar-refractivity contribution in [3.63, 3.8) is 0 Å². The number of aromatic amines is 1. The molecular weight excluding hydrogens is 250 g/mol. The average molecular weight is 262 g/mol. The molecule has 2 N–H and O–H groups in total. The van der Waals surface area contributed by atoms with Crippen molar-refractivity contribution in [2.75, 3.05) is 13.3 Å². The largest absolute Gasteiger partial charge is 0.393 e. The zero-order chi connectivity index (χ0) is 13.3. The molecule has 2 rings (SSSR count). The molecule has 0 saturated carbocycles. The average Bonchev–Trinajstić information content (AvgIpc) is 2.67. The summed E-state index contributed by atoms with van der Waals surface area (Å²) < 4.78 is 32.5. The van der Waals surface area contributed by atoms with Crippen LogP contribution in [0, 0.1) is 0 Å². The number of nitrogens with zero attached hydrogens (tertiary/aromatic N) is 1. The molecule has 0 bridgehead atoms. The van der Waals surface area contributed by atoms with Gasteiger partial charge in [-0.2, -0.15) is 0 Å². The highest BCUT2D eigenvalue weighted by atomic mass is 19.1. The van der Waals surface area contributed by atoms with Gasteiger partial charge in [-0.25, -0.2) is 13.6 Å². The molecular formula is C10H12F2N2O4. The third-order valence-electron chi connectivity index (χ3n) is 2.90. The lowest BCUT2D eigenvalue weighted by molar-refractivity contribution is -0.114. The van der Waals surface area contributed by atoms with Gasteiger partial charge in [0.25, 0.3) is 5.56 Å². The fraction of sp³-hybridized carbons (Fsp3) is 0.600. The normalized spacial score (nSPS) is 31.7. The zero-order valence-electron chi connectivity index (χ0n) is 9.31. The van der Waals surface area contributed by atoms with E-state index in [4.69, 9.17) is 9.84 Å². The standard InChI is InChI=1S/C10H12F2N2O4/c11-4-10(5-15)3-6(12)8(18-10)14-2-1-7(16)13-9(14)17/h1-2,6,8,15H,3-5H2,(H,13,16,17). The number of aromatic nitrogens is 2. The maximum Gasteiger partial charge on any atom is 0.330 e. The Labute approximate surface area is 99.8 Å². The van der Waals surface area contributed by atoms with E-state index in [0.717, 1.165) is 16.8 Å². The van der Waals surface area contributed by atoms with Crippen molar-refractivity contribution in [1.82, 2.24) is 9.55 Å². The van der Waals surface area contributed by atoms with Crippen molar-refractivity contribution < 1.29 is 18.6 Å². The molecule has 18 heavy (non-hydrogen) atoms. The van der Waals surface area contributed by atoms with E-state index in [0.29, 0.717) is 0 Å². The summed E-state index contributed by atoms with van der Waals surface area (Å²) in [7, 11) is 0. The van der Waals surface area contributed by atoms with Gasteiger partial charge in [0, 0.05) is 18.7 Å². The minimum Gasteiger partial charge on any atom is -0.393 e. The van der Waals surface area contributed by atoms with Crippen LogP contribution in [-0.4, -0.2) is 39.7 Å². The van der Waals surface area contributed by atoms with Gasteiger partial charge in [0.2, 0.25) is 0 Å². The third kappa shape index (κ3) is 2.08. The van der Waals surface area contributed by atoms with Crippen LogP contribution in [0.4, 0.5) is 8.78 Å². The zero-order valence-corrected chi connectivity index (χ0v) is 9.31. The van der Waals surface area contributed by atoms with Gasteiger partial charge < -0.3 is 9.84 Å². The lowest BCUT2D eigenvalue weighted by atomic mass is 10.0. The van der Waals surface area contributed by atoms with Crippen LogP contribution in [0.5, 0.6) is 0 Å². The van der Waals surface area contributed by atoms with Crippen LogP contribution < -0.4 is 11.2 Å². The Balaban J connectivity index is 2.35. The summed E-state index contributed by atoms with van der Waals surface area (Å²) in [5.41, 5.74) is -3.09. The predicted molar refractivity (Wildman–Crippen MR) is 56.7 cm³/mol. The topological polar surface area (TPSA) is 84.3 Å². The van der Waals surface area contributed by atoms with Crippen molar-refractivity contribution in [2.45, 2.75) is 24.4 Å². The molecule has 1 aromatic heterocycles. The van der Waals surface area contributed by atoms with Crippen molar-refractivity contribution in [1.29, 1.82) is 0 Å². The molecule has 0 spiro atoms. The van der Waals surface area contributed by atoms with Crippen LogP contribution in [0.1, 0.15) is 12.6 Å². The SMILES string of the molecule is O=c1ccn(C2OC(CO)(CF)CC2F)c(=O)[nH]1. The number of hydrogen-bond acceptors (Lipinski definition) is 4. The number of alkyl halides is 2. The van der Waals surface area contributed by atoms with Crippen LogP contribution in [0.2, 0.25) is 0 Å². The highest BCUT2D eigenvalue weighted by Gasteiger charge is 2.48. The molecule has 3 unspecified atom stereocenters. The summed E-state index contributed by atoms with van der Waals surface area (Å²) in [5, 5.41) is 9.04. The predicted octanol–water partition coefficient (Wildman–Crippen LogP) is -0.506. The van der Waals surface area contributed by atoms with E-state index in [2.05, 4.69) is 0 Å². The van der Waals surface area contributed by atoms with Gasteiger partial charge >= 0.3 is 5.69 Å². The van der Waals surface area contributed by atoms with Crippen LogP contribution in [0.25, 0.3) is 0 Å². The number of ether oxygens (including phenoxy) is 1. The lowest BCUT2D eigenvalue weighted by Gasteiger charge is -2.23. The van der Waals surface area contributed by atoms with Crippen LogP contribution >= 0.6 is 0 Å². The molecule has 1 aromatic rings. The van der Waals surface area contributed by atoms with Crippen LogP contribution in [0.3, 0.4) is 0 Å². The molecule has 1 aliphatic heterocycles. The number of hydrogen-bond donors (Lipinski definition) is 2. The molecule has 6 nitrogen and oxygen atoms in total. The summed E-state index contributed by atoms with van der Waals surface area (Å²) in [6.07, 6.45) is -2.27. The second-order valence-electron chi connectivity index (χ2n) is 4.22. The highest BCUT2D eigenvalue weighted by Crippen LogP contribution is 2.38. The minimum atomic E-state index is -1.64. The number of aliphatic hydroxyl groups is 1. The molecule has 0 amide bonds. The number of aliphatic hydroxyl groups excluding tert-OH is 1. The molecule has 1 aliphatic rings.